The summed E-state index contributed by atoms with van der Waals surface area (Å²) >= 11 is 5.28. The van der Waals surface area contributed by atoms with Gasteiger partial charge in [-0.15, -0.1) is 0 Å². The van der Waals surface area contributed by atoms with Gasteiger partial charge in [-0.3, -0.25) is 24.6 Å². The standard InChI is InChI=1S/C28H33N5O5S/c1-19-25(27(35)38-2)26(30-28(39)29-19)32(22-10-12-23(13-11-22)33(36)37)24(34)9-6-16-31-17-14-21(15-18-31)20-7-4-3-5-8-20/h3-5,7-8,10-13,21,25-26H,6,9,14-18H2,1-2H3,(H,30,39). The average Bonchev–Trinajstić information content (AvgIpc) is 2.94. The second-order valence-corrected chi connectivity index (χ2v) is 10.2. The van der Waals surface area contributed by atoms with Crippen LogP contribution in [-0.4, -0.2) is 65.4 Å². The lowest BCUT2D eigenvalue weighted by Gasteiger charge is -2.39. The lowest BCUT2D eigenvalue weighted by atomic mass is 9.89. The number of carbonyl (C=O) groups is 2. The Labute approximate surface area is 233 Å². The lowest BCUT2D eigenvalue weighted by molar-refractivity contribution is -0.384. The van der Waals surface area contributed by atoms with Crippen molar-refractivity contribution in [2.24, 2.45) is 10.9 Å². The van der Waals surface area contributed by atoms with Crippen LogP contribution in [0.4, 0.5) is 11.4 Å². The van der Waals surface area contributed by atoms with E-state index in [9.17, 15) is 19.7 Å². The molecule has 1 fully saturated rings. The number of nitro groups is 1. The third-order valence-electron chi connectivity index (χ3n) is 7.38. The molecule has 0 radical (unpaired) electrons. The van der Waals surface area contributed by atoms with Crippen LogP contribution in [0, 0.1) is 16.0 Å². The number of rotatable bonds is 9. The minimum Gasteiger partial charge on any atom is -0.468 e. The molecule has 0 bridgehead atoms. The Morgan fingerprint density at radius 1 is 1.15 bits per heavy atom. The number of amides is 1. The van der Waals surface area contributed by atoms with Crippen molar-refractivity contribution in [3.63, 3.8) is 0 Å². The molecule has 39 heavy (non-hydrogen) atoms. The van der Waals surface area contributed by atoms with E-state index in [2.05, 4.69) is 39.5 Å². The second kappa shape index (κ2) is 12.9. The SMILES string of the molecule is COC(=O)C1C(C)=NC(=S)NC1N(C(=O)CCCN1CCC(c2ccccc2)CC1)c1ccc([N+](=O)[O-])cc1. The van der Waals surface area contributed by atoms with Gasteiger partial charge in [-0.1, -0.05) is 30.3 Å². The molecule has 2 aromatic carbocycles. The van der Waals surface area contributed by atoms with Crippen molar-refractivity contribution in [2.45, 2.75) is 44.7 Å². The molecule has 0 saturated carbocycles. The van der Waals surface area contributed by atoms with Gasteiger partial charge in [0, 0.05) is 30.0 Å². The number of nitro benzene ring substituents is 1. The topological polar surface area (TPSA) is 117 Å². The van der Waals surface area contributed by atoms with Crippen LogP contribution in [0.5, 0.6) is 0 Å². The Kier molecular flexibility index (Phi) is 9.36. The van der Waals surface area contributed by atoms with Crippen LogP contribution in [0.2, 0.25) is 0 Å². The molecule has 1 saturated heterocycles. The zero-order chi connectivity index (χ0) is 27.9. The fourth-order valence-electron chi connectivity index (χ4n) is 5.32. The number of nitrogens with zero attached hydrogens (tertiary/aromatic N) is 4. The molecule has 0 spiro atoms. The fraction of sp³-hybridized carbons (Fsp3) is 0.429. The maximum atomic E-state index is 13.7. The van der Waals surface area contributed by atoms with Gasteiger partial charge in [0.2, 0.25) is 5.91 Å². The number of hydrogen-bond acceptors (Lipinski definition) is 7. The normalized spacial score (nSPS) is 20.1. The molecule has 0 aliphatic carbocycles. The minimum absolute atomic E-state index is 0.0977. The summed E-state index contributed by atoms with van der Waals surface area (Å²) in [5.74, 6) is -1.12. The number of nitrogens with one attached hydrogen (secondary N) is 1. The highest BCUT2D eigenvalue weighted by Gasteiger charge is 2.41. The van der Waals surface area contributed by atoms with Crippen LogP contribution >= 0.6 is 12.2 Å². The number of thiocarbonyl (C=S) groups is 1. The van der Waals surface area contributed by atoms with E-state index in [0.29, 0.717) is 23.7 Å². The molecule has 2 aromatic rings. The molecule has 0 aromatic heterocycles. The summed E-state index contributed by atoms with van der Waals surface area (Å²) in [6.07, 6.45) is 2.14. The smallest absolute Gasteiger partial charge is 0.318 e. The molecule has 2 atom stereocenters. The van der Waals surface area contributed by atoms with Crippen molar-refractivity contribution < 1.29 is 19.2 Å². The van der Waals surface area contributed by atoms with Gasteiger partial charge < -0.3 is 15.0 Å². The Balaban J connectivity index is 1.46. The third kappa shape index (κ3) is 6.85. The molecule has 1 N–H and O–H groups in total. The number of aliphatic imine (C=N–C) groups is 1. The van der Waals surface area contributed by atoms with Gasteiger partial charge in [0.15, 0.2) is 5.11 Å². The van der Waals surface area contributed by atoms with E-state index in [1.807, 2.05) is 6.07 Å². The third-order valence-corrected chi connectivity index (χ3v) is 7.59. The van der Waals surface area contributed by atoms with Crippen molar-refractivity contribution >= 4 is 46.3 Å². The maximum Gasteiger partial charge on any atom is 0.318 e. The van der Waals surface area contributed by atoms with E-state index < -0.39 is 23.0 Å². The number of carbonyl (C=O) groups excluding carboxylic acids is 2. The van der Waals surface area contributed by atoms with Crippen LogP contribution in [0.25, 0.3) is 0 Å². The highest BCUT2D eigenvalue weighted by atomic mass is 32.1. The number of benzene rings is 2. The molecule has 11 heteroatoms. The number of non-ortho nitro benzene ring substituents is 1. The van der Waals surface area contributed by atoms with Gasteiger partial charge in [0.25, 0.3) is 5.69 Å². The number of esters is 1. The summed E-state index contributed by atoms with van der Waals surface area (Å²) in [6.45, 7) is 4.38. The van der Waals surface area contributed by atoms with E-state index >= 15 is 0 Å². The van der Waals surface area contributed by atoms with Crippen molar-refractivity contribution in [2.75, 3.05) is 31.6 Å². The number of hydrogen-bond donors (Lipinski definition) is 1. The fourth-order valence-corrected chi connectivity index (χ4v) is 5.59. The molecule has 4 rings (SSSR count). The monoisotopic (exact) mass is 551 g/mol. The zero-order valence-electron chi connectivity index (χ0n) is 22.1. The first kappa shape index (κ1) is 28.3. The maximum absolute atomic E-state index is 13.7. The van der Waals surface area contributed by atoms with Crippen LogP contribution in [0.15, 0.2) is 59.6 Å². The van der Waals surface area contributed by atoms with Gasteiger partial charge in [-0.25, -0.2) is 4.99 Å². The van der Waals surface area contributed by atoms with Crippen LogP contribution < -0.4 is 10.2 Å². The molecule has 2 aliphatic heterocycles. The number of anilines is 1. The zero-order valence-corrected chi connectivity index (χ0v) is 22.9. The number of likely N-dealkylation sites (tertiary alicyclic amines) is 1. The highest BCUT2D eigenvalue weighted by Crippen LogP contribution is 2.29. The molecule has 2 aliphatic rings. The Morgan fingerprint density at radius 2 is 1.82 bits per heavy atom. The summed E-state index contributed by atoms with van der Waals surface area (Å²) in [6, 6.07) is 16.2. The van der Waals surface area contributed by atoms with E-state index in [0.717, 1.165) is 32.5 Å². The van der Waals surface area contributed by atoms with E-state index in [4.69, 9.17) is 17.0 Å². The first-order valence-corrected chi connectivity index (χ1v) is 13.5. The van der Waals surface area contributed by atoms with E-state index in [1.54, 1.807) is 6.92 Å². The summed E-state index contributed by atoms with van der Waals surface area (Å²) < 4.78 is 5.01. The lowest BCUT2D eigenvalue weighted by Crippen LogP contribution is -2.60. The van der Waals surface area contributed by atoms with Gasteiger partial charge in [-0.2, -0.15) is 0 Å². The number of ether oxygens (including phenoxy) is 1. The van der Waals surface area contributed by atoms with Gasteiger partial charge in [0.05, 0.1) is 12.0 Å². The first-order chi connectivity index (χ1) is 18.8. The minimum atomic E-state index is -0.891. The van der Waals surface area contributed by atoms with E-state index in [1.165, 1.54) is 41.8 Å². The van der Waals surface area contributed by atoms with Crippen molar-refractivity contribution in [1.29, 1.82) is 0 Å². The van der Waals surface area contributed by atoms with Crippen molar-refractivity contribution in [1.82, 2.24) is 10.2 Å². The molecular formula is C28H33N5O5S. The van der Waals surface area contributed by atoms with Gasteiger partial charge in [0.1, 0.15) is 12.1 Å². The van der Waals surface area contributed by atoms with E-state index in [-0.39, 0.29) is 23.1 Å². The van der Waals surface area contributed by atoms with Crippen LogP contribution in [0.3, 0.4) is 0 Å². The summed E-state index contributed by atoms with van der Waals surface area (Å²) in [5, 5.41) is 14.3. The predicted octanol–water partition coefficient (Wildman–Crippen LogP) is 4.05. The van der Waals surface area contributed by atoms with Crippen LogP contribution in [0.1, 0.15) is 44.1 Å². The summed E-state index contributed by atoms with van der Waals surface area (Å²) in [5.41, 5.74) is 2.12. The van der Waals surface area contributed by atoms with Crippen molar-refractivity contribution in [3.8, 4) is 0 Å². The van der Waals surface area contributed by atoms with Gasteiger partial charge >= 0.3 is 5.97 Å². The van der Waals surface area contributed by atoms with Crippen LogP contribution in [-0.2, 0) is 14.3 Å². The molecule has 2 unspecified atom stereocenters. The van der Waals surface area contributed by atoms with Gasteiger partial charge in [-0.05, 0) is 81.7 Å². The molecule has 206 valence electrons. The Morgan fingerprint density at radius 3 is 2.44 bits per heavy atom. The molecule has 2 heterocycles. The summed E-state index contributed by atoms with van der Waals surface area (Å²) in [7, 11) is 1.28. The summed E-state index contributed by atoms with van der Waals surface area (Å²) in [4.78, 5) is 45.2. The number of piperidine rings is 1. The quantitative estimate of drug-likeness (QED) is 0.215. The highest BCUT2D eigenvalue weighted by molar-refractivity contribution is 7.80. The molecule has 10 nitrogen and oxygen atoms in total. The second-order valence-electron chi connectivity index (χ2n) is 9.82. The first-order valence-electron chi connectivity index (χ1n) is 13.1. The molecule has 1 amide bonds. The molecular weight excluding hydrogens is 518 g/mol. The Hall–Kier alpha value is -3.70. The largest absolute Gasteiger partial charge is 0.468 e. The number of methoxy groups -OCH3 is 1. The predicted molar refractivity (Wildman–Crippen MR) is 153 cm³/mol. The average molecular weight is 552 g/mol. The Bertz CT molecular complexity index is 1230. The van der Waals surface area contributed by atoms with Crippen molar-refractivity contribution in [3.05, 3.63) is 70.3 Å².